The highest BCUT2D eigenvalue weighted by Gasteiger charge is 2.23. The largest absolute Gasteiger partial charge is 0.473 e. The molecule has 1 aromatic rings. The summed E-state index contributed by atoms with van der Waals surface area (Å²) in [6.07, 6.45) is -0.785. The maximum Gasteiger partial charge on any atom is 0.311 e. The van der Waals surface area contributed by atoms with E-state index < -0.39 is 28.4 Å². The average molecular weight is 257 g/mol. The molecule has 0 radical (unpaired) electrons. The van der Waals surface area contributed by atoms with E-state index in [0.717, 1.165) is 18.2 Å². The molecule has 1 amide bonds. The third kappa shape index (κ3) is 3.14. The van der Waals surface area contributed by atoms with Gasteiger partial charge < -0.3 is 4.74 Å². The lowest BCUT2D eigenvalue weighted by molar-refractivity contribution is -0.386. The van der Waals surface area contributed by atoms with Gasteiger partial charge in [-0.2, -0.15) is 0 Å². The van der Waals surface area contributed by atoms with Crippen molar-refractivity contribution in [2.45, 2.75) is 19.4 Å². The Kier molecular flexibility index (Phi) is 4.55. The first-order valence-corrected chi connectivity index (χ1v) is 5.10. The summed E-state index contributed by atoms with van der Waals surface area (Å²) >= 11 is 0. The van der Waals surface area contributed by atoms with Crippen LogP contribution in [0.5, 0.6) is 5.75 Å². The fourth-order valence-electron chi connectivity index (χ4n) is 1.30. The topological polar surface area (TPSA) is 107 Å². The molecule has 0 fully saturated rings. The molecular weight excluding hydrogens is 245 g/mol. The Bertz CT molecular complexity index is 466. The number of nitrogens with zero attached hydrogens (tertiary/aromatic N) is 1. The normalized spacial score (nSPS) is 11.7. The second-order valence-corrected chi connectivity index (χ2v) is 3.39. The smallest absolute Gasteiger partial charge is 0.311 e. The van der Waals surface area contributed by atoms with Gasteiger partial charge in [0.2, 0.25) is 5.75 Å². The van der Waals surface area contributed by atoms with E-state index in [0.29, 0.717) is 0 Å². The fourth-order valence-corrected chi connectivity index (χ4v) is 1.30. The fraction of sp³-hybridized carbons (Fsp3) is 0.300. The molecule has 1 unspecified atom stereocenters. The van der Waals surface area contributed by atoms with Crippen LogP contribution in [0.3, 0.4) is 0 Å². The predicted octanol–water partition coefficient (Wildman–Crippen LogP) is 0.881. The molecule has 1 atom stereocenters. The van der Waals surface area contributed by atoms with E-state index in [2.05, 4.69) is 0 Å². The van der Waals surface area contributed by atoms with Crippen molar-refractivity contribution in [2.24, 2.45) is 5.84 Å². The Labute approximate surface area is 102 Å². The summed E-state index contributed by atoms with van der Waals surface area (Å²) in [6, 6.07) is 2.76. The van der Waals surface area contributed by atoms with Gasteiger partial charge in [0, 0.05) is 12.1 Å². The van der Waals surface area contributed by atoms with Crippen LogP contribution in [0.1, 0.15) is 13.3 Å². The Hall–Kier alpha value is -2.22. The SMILES string of the molecule is CCC(Oc1cc(F)ccc1[N+](=O)[O-])C(=O)NN. The van der Waals surface area contributed by atoms with E-state index in [1.165, 1.54) is 0 Å². The maximum atomic E-state index is 13.0. The number of amides is 1. The van der Waals surface area contributed by atoms with Gasteiger partial charge in [-0.1, -0.05) is 6.92 Å². The first-order valence-electron chi connectivity index (χ1n) is 5.10. The molecule has 0 saturated heterocycles. The van der Waals surface area contributed by atoms with Gasteiger partial charge in [-0.15, -0.1) is 0 Å². The molecule has 3 N–H and O–H groups in total. The number of hydrogen-bond donors (Lipinski definition) is 2. The molecule has 0 spiro atoms. The summed E-state index contributed by atoms with van der Waals surface area (Å²) in [6.45, 7) is 1.63. The van der Waals surface area contributed by atoms with Gasteiger partial charge in [0.1, 0.15) is 5.82 Å². The van der Waals surface area contributed by atoms with Crippen molar-refractivity contribution >= 4 is 11.6 Å². The van der Waals surface area contributed by atoms with Crippen molar-refractivity contribution in [1.29, 1.82) is 0 Å². The lowest BCUT2D eigenvalue weighted by Gasteiger charge is -2.15. The highest BCUT2D eigenvalue weighted by Crippen LogP contribution is 2.28. The number of rotatable bonds is 5. The van der Waals surface area contributed by atoms with Crippen LogP contribution in [0.2, 0.25) is 0 Å². The molecule has 0 aromatic heterocycles. The molecule has 98 valence electrons. The minimum atomic E-state index is -1.02. The third-order valence-electron chi connectivity index (χ3n) is 2.19. The second kappa shape index (κ2) is 5.92. The number of benzene rings is 1. The van der Waals surface area contributed by atoms with Gasteiger partial charge in [-0.3, -0.25) is 20.3 Å². The van der Waals surface area contributed by atoms with Crippen LogP contribution in [0.15, 0.2) is 18.2 Å². The van der Waals surface area contributed by atoms with Crippen molar-refractivity contribution in [3.63, 3.8) is 0 Å². The summed E-state index contributed by atoms with van der Waals surface area (Å²) < 4.78 is 18.1. The molecule has 0 aliphatic carbocycles. The number of carbonyl (C=O) groups excluding carboxylic acids is 1. The second-order valence-electron chi connectivity index (χ2n) is 3.39. The molecule has 1 aromatic carbocycles. The van der Waals surface area contributed by atoms with Crippen LogP contribution in [0.25, 0.3) is 0 Å². The van der Waals surface area contributed by atoms with E-state index in [1.54, 1.807) is 6.92 Å². The third-order valence-corrected chi connectivity index (χ3v) is 2.19. The van der Waals surface area contributed by atoms with E-state index in [4.69, 9.17) is 10.6 Å². The zero-order valence-corrected chi connectivity index (χ0v) is 9.55. The summed E-state index contributed by atoms with van der Waals surface area (Å²) in [5.41, 5.74) is 1.46. The molecule has 8 heteroatoms. The molecule has 0 aliphatic heterocycles. The minimum absolute atomic E-state index is 0.233. The number of ether oxygens (including phenoxy) is 1. The van der Waals surface area contributed by atoms with E-state index in [1.807, 2.05) is 5.43 Å². The van der Waals surface area contributed by atoms with Gasteiger partial charge in [0.15, 0.2) is 6.10 Å². The molecule has 0 bridgehead atoms. The average Bonchev–Trinajstić information content (AvgIpc) is 2.34. The number of nitro benzene ring substituents is 1. The number of hydrogen-bond acceptors (Lipinski definition) is 5. The van der Waals surface area contributed by atoms with E-state index >= 15 is 0 Å². The number of nitrogens with one attached hydrogen (secondary N) is 1. The molecule has 0 heterocycles. The highest BCUT2D eigenvalue weighted by atomic mass is 19.1. The van der Waals surface area contributed by atoms with Crippen molar-refractivity contribution in [3.05, 3.63) is 34.1 Å². The molecule has 18 heavy (non-hydrogen) atoms. The molecule has 0 saturated carbocycles. The van der Waals surface area contributed by atoms with Crippen LogP contribution >= 0.6 is 0 Å². The Morgan fingerprint density at radius 1 is 1.67 bits per heavy atom. The molecule has 0 aliphatic rings. The van der Waals surface area contributed by atoms with Crippen LogP contribution < -0.4 is 16.0 Å². The van der Waals surface area contributed by atoms with Crippen LogP contribution in [0, 0.1) is 15.9 Å². The Morgan fingerprint density at radius 2 is 2.33 bits per heavy atom. The molecule has 7 nitrogen and oxygen atoms in total. The van der Waals surface area contributed by atoms with Crippen molar-refractivity contribution in [1.82, 2.24) is 5.43 Å². The number of nitrogens with two attached hydrogens (primary N) is 1. The van der Waals surface area contributed by atoms with Crippen LogP contribution in [0.4, 0.5) is 10.1 Å². The van der Waals surface area contributed by atoms with E-state index in [9.17, 15) is 19.3 Å². The lowest BCUT2D eigenvalue weighted by atomic mass is 10.2. The number of nitro groups is 1. The lowest BCUT2D eigenvalue weighted by Crippen LogP contribution is -2.41. The van der Waals surface area contributed by atoms with Crippen LogP contribution in [-0.2, 0) is 4.79 Å². The minimum Gasteiger partial charge on any atom is -0.473 e. The zero-order valence-electron chi connectivity index (χ0n) is 9.55. The first-order chi connectivity index (χ1) is 8.49. The summed E-state index contributed by atoms with van der Waals surface area (Å²) in [4.78, 5) is 21.3. The highest BCUT2D eigenvalue weighted by molar-refractivity contribution is 5.80. The Balaban J connectivity index is 3.04. The van der Waals surface area contributed by atoms with Gasteiger partial charge >= 0.3 is 5.69 Å². The molecular formula is C10H12FN3O4. The van der Waals surface area contributed by atoms with E-state index in [-0.39, 0.29) is 12.2 Å². The van der Waals surface area contributed by atoms with Crippen molar-refractivity contribution in [2.75, 3.05) is 0 Å². The van der Waals surface area contributed by atoms with Crippen LogP contribution in [-0.4, -0.2) is 16.9 Å². The quantitative estimate of drug-likeness (QED) is 0.352. The summed E-state index contributed by atoms with van der Waals surface area (Å²) in [5.74, 6) is 3.29. The monoisotopic (exact) mass is 257 g/mol. The Morgan fingerprint density at radius 3 is 2.83 bits per heavy atom. The zero-order chi connectivity index (χ0) is 13.7. The molecule has 1 rings (SSSR count). The van der Waals surface area contributed by atoms with Gasteiger partial charge in [0.25, 0.3) is 5.91 Å². The van der Waals surface area contributed by atoms with Gasteiger partial charge in [-0.25, -0.2) is 10.2 Å². The van der Waals surface area contributed by atoms with Gasteiger partial charge in [0.05, 0.1) is 4.92 Å². The standard InChI is InChI=1S/C10H12FN3O4/c1-2-8(10(15)13-12)18-9-5-6(11)3-4-7(9)14(16)17/h3-5,8H,2,12H2,1H3,(H,13,15). The van der Waals surface area contributed by atoms with Gasteiger partial charge in [-0.05, 0) is 12.5 Å². The first kappa shape index (κ1) is 13.8. The number of halogens is 1. The maximum absolute atomic E-state index is 13.0. The number of hydrazine groups is 1. The summed E-state index contributed by atoms with van der Waals surface area (Å²) in [5, 5.41) is 10.7. The van der Waals surface area contributed by atoms with Crippen molar-refractivity contribution < 1.29 is 18.8 Å². The number of carbonyl (C=O) groups is 1. The predicted molar refractivity (Wildman–Crippen MR) is 60.1 cm³/mol. The van der Waals surface area contributed by atoms with Crippen molar-refractivity contribution in [3.8, 4) is 5.75 Å². The summed E-state index contributed by atoms with van der Waals surface area (Å²) in [7, 11) is 0.